The van der Waals surface area contributed by atoms with E-state index in [0.717, 1.165) is 0 Å². The first-order valence-electron chi connectivity index (χ1n) is 15.2. The number of carbonyl (C=O) groups excluding carboxylic acids is 6. The summed E-state index contributed by atoms with van der Waals surface area (Å²) in [4.78, 5) is 79.0. The fourth-order valence-electron chi connectivity index (χ4n) is 5.90. The molecule has 4 atom stereocenters. The summed E-state index contributed by atoms with van der Waals surface area (Å²) in [6, 6.07) is -2.61. The van der Waals surface area contributed by atoms with Gasteiger partial charge in [0, 0.05) is 49.9 Å². The molecule has 2 saturated heterocycles. The third-order valence-corrected chi connectivity index (χ3v) is 7.97. The van der Waals surface area contributed by atoms with Crippen LogP contribution in [0.5, 0.6) is 0 Å². The Morgan fingerprint density at radius 2 is 0.909 bits per heavy atom. The number of nitrogens with one attached hydrogen (secondary N) is 2. The predicted octanol–water partition coefficient (Wildman–Crippen LogP) is 2.13. The Balaban J connectivity index is 1.52. The Labute approximate surface area is 258 Å². The van der Waals surface area contributed by atoms with Crippen LogP contribution in [0.3, 0.4) is 0 Å². The topological polar surface area (TPSA) is 170 Å². The lowest BCUT2D eigenvalue weighted by atomic mass is 9.81. The predicted molar refractivity (Wildman–Crippen MR) is 156 cm³/mol. The van der Waals surface area contributed by atoms with E-state index in [1.54, 1.807) is 41.5 Å². The molecule has 44 heavy (non-hydrogen) atoms. The van der Waals surface area contributed by atoms with Gasteiger partial charge in [0.15, 0.2) is 0 Å². The van der Waals surface area contributed by atoms with Crippen LogP contribution in [0.2, 0.25) is 0 Å². The van der Waals surface area contributed by atoms with Crippen molar-refractivity contribution in [2.24, 2.45) is 11.8 Å². The van der Waals surface area contributed by atoms with Crippen LogP contribution >= 0.6 is 0 Å². The third kappa shape index (κ3) is 9.21. The minimum atomic E-state index is -0.861. The second kappa shape index (κ2) is 14.0. The Morgan fingerprint density at radius 3 is 1.18 bits per heavy atom. The van der Waals surface area contributed by atoms with Crippen LogP contribution in [-0.2, 0) is 38.1 Å². The van der Waals surface area contributed by atoms with Crippen molar-refractivity contribution in [3.63, 3.8) is 0 Å². The van der Waals surface area contributed by atoms with Gasteiger partial charge in [0.1, 0.15) is 23.3 Å². The summed E-state index contributed by atoms with van der Waals surface area (Å²) in [5, 5.41) is 5.94. The van der Waals surface area contributed by atoms with Crippen molar-refractivity contribution in [2.45, 2.75) is 115 Å². The summed E-state index contributed by atoms with van der Waals surface area (Å²) >= 11 is 0. The third-order valence-electron chi connectivity index (χ3n) is 7.97. The van der Waals surface area contributed by atoms with Gasteiger partial charge in [-0.25, -0.2) is 19.2 Å². The number of rotatable bonds is 6. The maximum atomic E-state index is 13.1. The van der Waals surface area contributed by atoms with Crippen molar-refractivity contribution in [2.75, 3.05) is 27.3 Å². The summed E-state index contributed by atoms with van der Waals surface area (Å²) in [6.45, 7) is 10.6. The van der Waals surface area contributed by atoms with Gasteiger partial charge >= 0.3 is 24.1 Å². The van der Waals surface area contributed by atoms with E-state index in [2.05, 4.69) is 10.6 Å². The highest BCUT2D eigenvalue weighted by Crippen LogP contribution is 2.31. The maximum absolute atomic E-state index is 13.1. The molecule has 14 nitrogen and oxygen atoms in total. The molecule has 3 aliphatic rings. The van der Waals surface area contributed by atoms with E-state index >= 15 is 0 Å². The minimum Gasteiger partial charge on any atom is -0.467 e. The summed E-state index contributed by atoms with van der Waals surface area (Å²) < 4.78 is 20.6. The van der Waals surface area contributed by atoms with Gasteiger partial charge in [0.2, 0.25) is 11.8 Å². The molecule has 0 bridgehead atoms. The molecule has 2 N–H and O–H groups in total. The monoisotopic (exact) mass is 624 g/mol. The summed E-state index contributed by atoms with van der Waals surface area (Å²) in [6.07, 6.45) is 1.10. The van der Waals surface area contributed by atoms with Crippen LogP contribution in [-0.4, -0.2) is 108 Å². The van der Waals surface area contributed by atoms with Crippen LogP contribution in [0.25, 0.3) is 0 Å². The first-order chi connectivity index (χ1) is 20.4. The number of amides is 4. The Morgan fingerprint density at radius 1 is 0.591 bits per heavy atom. The van der Waals surface area contributed by atoms with Gasteiger partial charge in [-0.05, 0) is 67.2 Å². The number of hydrogen-bond donors (Lipinski definition) is 2. The molecule has 248 valence electrons. The van der Waals surface area contributed by atoms with Crippen LogP contribution in [0.1, 0.15) is 80.1 Å². The highest BCUT2D eigenvalue weighted by atomic mass is 16.6. The van der Waals surface area contributed by atoms with E-state index in [1.165, 1.54) is 24.0 Å². The lowest BCUT2D eigenvalue weighted by molar-refractivity contribution is -0.146. The fourth-order valence-corrected chi connectivity index (χ4v) is 5.90. The number of nitrogens with zero attached hydrogens (tertiary/aromatic N) is 2. The first kappa shape index (κ1) is 34.9. The van der Waals surface area contributed by atoms with Gasteiger partial charge in [-0.2, -0.15) is 0 Å². The fraction of sp³-hybridized carbons (Fsp3) is 0.800. The van der Waals surface area contributed by atoms with Crippen molar-refractivity contribution in [3.05, 3.63) is 0 Å². The quantitative estimate of drug-likeness (QED) is 0.330. The van der Waals surface area contributed by atoms with Crippen LogP contribution in [0.4, 0.5) is 9.59 Å². The Bertz CT molecular complexity index is 1020. The zero-order valence-corrected chi connectivity index (χ0v) is 27.1. The molecular formula is C30H48N4O10. The molecule has 0 radical (unpaired) electrons. The van der Waals surface area contributed by atoms with E-state index in [1.807, 2.05) is 0 Å². The molecule has 1 saturated carbocycles. The van der Waals surface area contributed by atoms with Gasteiger partial charge in [0.05, 0.1) is 14.2 Å². The number of esters is 2. The highest BCUT2D eigenvalue weighted by Gasteiger charge is 2.45. The van der Waals surface area contributed by atoms with Crippen molar-refractivity contribution in [1.29, 1.82) is 0 Å². The second-order valence-corrected chi connectivity index (χ2v) is 13.8. The van der Waals surface area contributed by atoms with E-state index in [-0.39, 0.29) is 49.6 Å². The first-order valence-corrected chi connectivity index (χ1v) is 15.2. The summed E-state index contributed by atoms with van der Waals surface area (Å²) in [5.74, 6) is -2.16. The molecular weight excluding hydrogens is 576 g/mol. The molecule has 2 heterocycles. The average Bonchev–Trinajstić information content (AvgIpc) is 3.55. The number of likely N-dealkylation sites (tertiary alicyclic amines) is 2. The molecule has 4 amide bonds. The summed E-state index contributed by atoms with van der Waals surface area (Å²) in [5.41, 5.74) is -1.50. The highest BCUT2D eigenvalue weighted by molar-refractivity contribution is 5.85. The number of carbonyl (C=O) groups is 6. The van der Waals surface area contributed by atoms with E-state index in [4.69, 9.17) is 18.9 Å². The maximum Gasteiger partial charge on any atom is 0.411 e. The number of methoxy groups -OCH3 is 2. The lowest BCUT2D eigenvalue weighted by Gasteiger charge is -2.29. The molecule has 1 aliphatic carbocycles. The average molecular weight is 625 g/mol. The van der Waals surface area contributed by atoms with Gasteiger partial charge in [-0.3, -0.25) is 19.4 Å². The van der Waals surface area contributed by atoms with Crippen molar-refractivity contribution >= 4 is 35.9 Å². The SMILES string of the molecule is COC(=O)[C@@H]1C[C@H](NC(=O)C2CCC(C(=O)N[C@H]3C[C@@H](C(=O)OC)N(C(=O)OC(C)(C)C)C3)CC2)CN1C(=O)OC(C)(C)C. The largest absolute Gasteiger partial charge is 0.467 e. The molecule has 0 unspecified atom stereocenters. The van der Waals surface area contributed by atoms with Gasteiger partial charge < -0.3 is 29.6 Å². The second-order valence-electron chi connectivity index (χ2n) is 13.8. The lowest BCUT2D eigenvalue weighted by Crippen LogP contribution is -2.46. The molecule has 2 aliphatic heterocycles. The van der Waals surface area contributed by atoms with Crippen molar-refractivity contribution in [1.82, 2.24) is 20.4 Å². The molecule has 0 aromatic heterocycles. The molecule has 14 heteroatoms. The van der Waals surface area contributed by atoms with E-state index < -0.39 is 59.5 Å². The van der Waals surface area contributed by atoms with Crippen molar-refractivity contribution < 1.29 is 47.7 Å². The van der Waals surface area contributed by atoms with E-state index in [9.17, 15) is 28.8 Å². The molecule has 3 rings (SSSR count). The smallest absolute Gasteiger partial charge is 0.411 e. The molecule has 3 fully saturated rings. The van der Waals surface area contributed by atoms with E-state index in [0.29, 0.717) is 25.7 Å². The number of hydrogen-bond acceptors (Lipinski definition) is 10. The molecule has 0 spiro atoms. The van der Waals surface area contributed by atoms with Gasteiger partial charge in [-0.15, -0.1) is 0 Å². The summed E-state index contributed by atoms with van der Waals surface area (Å²) in [7, 11) is 2.49. The molecule has 0 aromatic rings. The zero-order valence-electron chi connectivity index (χ0n) is 27.1. The van der Waals surface area contributed by atoms with Gasteiger partial charge in [-0.1, -0.05) is 0 Å². The van der Waals surface area contributed by atoms with Crippen LogP contribution in [0, 0.1) is 11.8 Å². The zero-order chi connectivity index (χ0) is 33.0. The minimum absolute atomic E-state index is 0.118. The Kier molecular flexibility index (Phi) is 11.1. The van der Waals surface area contributed by atoms with Crippen LogP contribution < -0.4 is 10.6 Å². The number of ether oxygens (including phenoxy) is 4. The van der Waals surface area contributed by atoms with Gasteiger partial charge in [0.25, 0.3) is 0 Å². The molecule has 0 aromatic carbocycles. The normalized spacial score (nSPS) is 27.3. The van der Waals surface area contributed by atoms with Crippen LogP contribution in [0.15, 0.2) is 0 Å². The Hall–Kier alpha value is -3.58. The van der Waals surface area contributed by atoms with Crippen molar-refractivity contribution in [3.8, 4) is 0 Å². The standard InChI is InChI=1S/C30H48N4O10/c1-29(2,3)43-27(39)33-15-19(13-21(33)25(37)41-7)31-23(35)17-9-11-18(12-10-17)24(36)32-20-14-22(26(38)42-8)34(16-20)28(40)44-30(4,5)6/h17-22H,9-16H2,1-8H3,(H,31,35)(H,32,36)/t17?,18?,19-,20-,21-,22-/m0/s1.